The van der Waals surface area contributed by atoms with Crippen LogP contribution in [0.2, 0.25) is 5.02 Å². The quantitative estimate of drug-likeness (QED) is 0.854. The third-order valence-electron chi connectivity index (χ3n) is 2.59. The van der Waals surface area contributed by atoms with Gasteiger partial charge in [-0.15, -0.1) is 0 Å². The van der Waals surface area contributed by atoms with Gasteiger partial charge in [-0.1, -0.05) is 23.7 Å². The molecule has 0 saturated carbocycles. The number of benzene rings is 1. The summed E-state index contributed by atoms with van der Waals surface area (Å²) in [6.07, 6.45) is 1.32. The maximum Gasteiger partial charge on any atom is 0.328 e. The second-order valence-corrected chi connectivity index (χ2v) is 4.47. The fourth-order valence-corrected chi connectivity index (χ4v) is 1.90. The van der Waals surface area contributed by atoms with Crippen molar-refractivity contribution in [1.82, 2.24) is 9.55 Å². The van der Waals surface area contributed by atoms with E-state index in [1.165, 1.54) is 10.8 Å². The molecule has 6 heteroatoms. The summed E-state index contributed by atoms with van der Waals surface area (Å²) in [5.41, 5.74) is 6.21. The van der Waals surface area contributed by atoms with Crippen LogP contribution in [0.3, 0.4) is 0 Å². The smallest absolute Gasteiger partial charge is 0.328 e. The highest BCUT2D eigenvalue weighted by Gasteiger charge is 2.05. The standard InChI is InChI=1S/C12H12ClN3O2/c1-7-2-3-8(9(13)4-7)5-16-6-10(14)11(17)15-12(16)18/h2-4,6H,5,14H2,1H3,(H,15,17,18). The molecule has 1 heterocycles. The van der Waals surface area contributed by atoms with Crippen LogP contribution in [-0.4, -0.2) is 9.55 Å². The van der Waals surface area contributed by atoms with Gasteiger partial charge in [0.2, 0.25) is 0 Å². The molecule has 94 valence electrons. The van der Waals surface area contributed by atoms with Crippen LogP contribution >= 0.6 is 11.6 Å². The Labute approximate surface area is 108 Å². The number of H-pyrrole nitrogens is 1. The van der Waals surface area contributed by atoms with E-state index >= 15 is 0 Å². The monoisotopic (exact) mass is 265 g/mol. The Hall–Kier alpha value is -2.01. The Morgan fingerprint density at radius 3 is 2.78 bits per heavy atom. The largest absolute Gasteiger partial charge is 0.393 e. The Morgan fingerprint density at radius 1 is 1.39 bits per heavy atom. The number of nitrogen functional groups attached to an aromatic ring is 1. The molecule has 0 saturated heterocycles. The van der Waals surface area contributed by atoms with E-state index < -0.39 is 11.2 Å². The van der Waals surface area contributed by atoms with E-state index in [9.17, 15) is 9.59 Å². The van der Waals surface area contributed by atoms with Gasteiger partial charge in [0.1, 0.15) is 5.69 Å². The molecule has 0 unspecified atom stereocenters. The summed E-state index contributed by atoms with van der Waals surface area (Å²) in [4.78, 5) is 24.9. The van der Waals surface area contributed by atoms with Crippen molar-refractivity contribution in [3.8, 4) is 0 Å². The molecule has 2 rings (SSSR count). The van der Waals surface area contributed by atoms with Crippen LogP contribution in [0.15, 0.2) is 34.0 Å². The minimum atomic E-state index is -0.578. The van der Waals surface area contributed by atoms with Crippen LogP contribution in [0.1, 0.15) is 11.1 Å². The third kappa shape index (κ3) is 2.46. The predicted molar refractivity (Wildman–Crippen MR) is 71.0 cm³/mol. The summed E-state index contributed by atoms with van der Waals surface area (Å²) in [6.45, 7) is 2.19. The zero-order valence-electron chi connectivity index (χ0n) is 9.74. The van der Waals surface area contributed by atoms with Crippen LogP contribution in [0.4, 0.5) is 5.69 Å². The summed E-state index contributed by atoms with van der Waals surface area (Å²) in [6, 6.07) is 5.56. The Kier molecular flexibility index (Phi) is 3.25. The van der Waals surface area contributed by atoms with Crippen molar-refractivity contribution >= 4 is 17.3 Å². The topological polar surface area (TPSA) is 80.9 Å². The van der Waals surface area contributed by atoms with Crippen molar-refractivity contribution in [2.75, 3.05) is 5.73 Å². The molecule has 0 radical (unpaired) electrons. The van der Waals surface area contributed by atoms with Gasteiger partial charge in [-0.2, -0.15) is 0 Å². The van der Waals surface area contributed by atoms with Crippen molar-refractivity contribution < 1.29 is 0 Å². The first-order valence-electron chi connectivity index (χ1n) is 5.31. The van der Waals surface area contributed by atoms with Crippen LogP contribution in [0.25, 0.3) is 0 Å². The fraction of sp³-hybridized carbons (Fsp3) is 0.167. The summed E-state index contributed by atoms with van der Waals surface area (Å²) in [5.74, 6) is 0. The number of anilines is 1. The fourth-order valence-electron chi connectivity index (χ4n) is 1.61. The molecule has 0 atom stereocenters. The highest BCUT2D eigenvalue weighted by atomic mass is 35.5. The van der Waals surface area contributed by atoms with Crippen LogP contribution < -0.4 is 17.0 Å². The maximum atomic E-state index is 11.6. The molecule has 3 N–H and O–H groups in total. The molecule has 0 aliphatic carbocycles. The molecule has 1 aromatic heterocycles. The molecule has 0 fully saturated rings. The molecular formula is C12H12ClN3O2. The minimum absolute atomic E-state index is 0.00201. The number of nitrogens with two attached hydrogens (primary N) is 1. The van der Waals surface area contributed by atoms with Gasteiger partial charge in [0.25, 0.3) is 5.56 Å². The molecule has 2 aromatic rings. The average molecular weight is 266 g/mol. The Bertz CT molecular complexity index is 703. The average Bonchev–Trinajstić information content (AvgIpc) is 2.29. The summed E-state index contributed by atoms with van der Waals surface area (Å²) < 4.78 is 1.31. The van der Waals surface area contributed by atoms with Gasteiger partial charge in [-0.25, -0.2) is 4.79 Å². The normalized spacial score (nSPS) is 10.6. The van der Waals surface area contributed by atoms with Gasteiger partial charge in [-0.3, -0.25) is 14.3 Å². The van der Waals surface area contributed by atoms with E-state index in [2.05, 4.69) is 4.98 Å². The van der Waals surface area contributed by atoms with Crippen molar-refractivity contribution in [1.29, 1.82) is 0 Å². The van der Waals surface area contributed by atoms with Crippen LogP contribution in [0.5, 0.6) is 0 Å². The zero-order valence-corrected chi connectivity index (χ0v) is 10.5. The van der Waals surface area contributed by atoms with E-state index in [-0.39, 0.29) is 12.2 Å². The first-order chi connectivity index (χ1) is 8.47. The van der Waals surface area contributed by atoms with Gasteiger partial charge < -0.3 is 5.73 Å². The number of hydrogen-bond donors (Lipinski definition) is 2. The van der Waals surface area contributed by atoms with Crippen LogP contribution in [0, 0.1) is 6.92 Å². The van der Waals surface area contributed by atoms with Gasteiger partial charge in [0.15, 0.2) is 0 Å². The zero-order chi connectivity index (χ0) is 13.3. The van der Waals surface area contributed by atoms with E-state index in [0.717, 1.165) is 11.1 Å². The summed E-state index contributed by atoms with van der Waals surface area (Å²) in [5, 5.41) is 0.576. The molecule has 0 amide bonds. The number of aromatic amines is 1. The van der Waals surface area contributed by atoms with Crippen molar-refractivity contribution in [2.24, 2.45) is 0 Å². The second kappa shape index (κ2) is 4.70. The third-order valence-corrected chi connectivity index (χ3v) is 2.94. The Balaban J connectivity index is 2.43. The number of aryl methyl sites for hydroxylation is 1. The van der Waals surface area contributed by atoms with Gasteiger partial charge >= 0.3 is 5.69 Å². The molecule has 0 bridgehead atoms. The number of rotatable bonds is 2. The molecule has 0 spiro atoms. The SMILES string of the molecule is Cc1ccc(Cn2cc(N)c(=O)[nH]c2=O)c(Cl)c1. The van der Waals surface area contributed by atoms with Crippen molar-refractivity contribution in [3.05, 3.63) is 61.4 Å². The lowest BCUT2D eigenvalue weighted by Crippen LogP contribution is -2.31. The number of nitrogens with zero attached hydrogens (tertiary/aromatic N) is 1. The lowest BCUT2D eigenvalue weighted by molar-refractivity contribution is 0.723. The lowest BCUT2D eigenvalue weighted by atomic mass is 10.1. The van der Waals surface area contributed by atoms with Crippen molar-refractivity contribution in [2.45, 2.75) is 13.5 Å². The van der Waals surface area contributed by atoms with E-state index in [4.69, 9.17) is 17.3 Å². The second-order valence-electron chi connectivity index (χ2n) is 4.07. The maximum absolute atomic E-state index is 11.6. The van der Waals surface area contributed by atoms with Gasteiger partial charge in [0.05, 0.1) is 6.54 Å². The van der Waals surface area contributed by atoms with Crippen molar-refractivity contribution in [3.63, 3.8) is 0 Å². The van der Waals surface area contributed by atoms with E-state index in [0.29, 0.717) is 5.02 Å². The number of hydrogen-bond acceptors (Lipinski definition) is 3. The van der Waals surface area contributed by atoms with Crippen LogP contribution in [-0.2, 0) is 6.54 Å². The summed E-state index contributed by atoms with van der Waals surface area (Å²) >= 11 is 6.08. The van der Waals surface area contributed by atoms with E-state index in [1.807, 2.05) is 25.1 Å². The Morgan fingerprint density at radius 2 is 2.11 bits per heavy atom. The van der Waals surface area contributed by atoms with E-state index in [1.54, 1.807) is 0 Å². The molecule has 5 nitrogen and oxygen atoms in total. The van der Waals surface area contributed by atoms with Gasteiger partial charge in [0, 0.05) is 11.2 Å². The molecule has 0 aliphatic rings. The number of aromatic nitrogens is 2. The lowest BCUT2D eigenvalue weighted by Gasteiger charge is -2.08. The highest BCUT2D eigenvalue weighted by molar-refractivity contribution is 6.31. The molecule has 1 aromatic carbocycles. The highest BCUT2D eigenvalue weighted by Crippen LogP contribution is 2.18. The first kappa shape index (κ1) is 12.4. The minimum Gasteiger partial charge on any atom is -0.393 e. The van der Waals surface area contributed by atoms with Gasteiger partial charge in [-0.05, 0) is 24.1 Å². The number of nitrogens with one attached hydrogen (secondary N) is 1. The molecular weight excluding hydrogens is 254 g/mol. The summed E-state index contributed by atoms with van der Waals surface area (Å²) in [7, 11) is 0. The first-order valence-corrected chi connectivity index (χ1v) is 5.69. The predicted octanol–water partition coefficient (Wildman–Crippen LogP) is 1.13. The molecule has 18 heavy (non-hydrogen) atoms. The molecule has 0 aliphatic heterocycles. The number of halogens is 1.